The number of fused-ring (bicyclic) bond motifs is 1. The monoisotopic (exact) mass is 529 g/mol. The third-order valence-corrected chi connectivity index (χ3v) is 7.22. The maximum Gasteiger partial charge on any atom is 0.301 e. The number of nitro groups is 1. The standard InChI is InChI=1S/C28H23N3O6S/c1-3-14-37-20-11-7-18(8-12-20)25(32)23-24(17-5-9-19(10-6-17)31(35)36)30(27(34)26(23)33)28-29-21-13-4-16(2)15-22(21)38-28/h4-13,15,24,32H,3,14H2,1-2H3/b25-23+. The zero-order chi connectivity index (χ0) is 27.0. The van der Waals surface area contributed by atoms with E-state index in [1.807, 2.05) is 32.0 Å². The second-order valence-corrected chi connectivity index (χ2v) is 9.87. The van der Waals surface area contributed by atoms with Gasteiger partial charge in [-0.25, -0.2) is 4.98 Å². The Kier molecular flexibility index (Phi) is 6.64. The van der Waals surface area contributed by atoms with Crippen LogP contribution in [0.2, 0.25) is 0 Å². The Hall–Kier alpha value is -4.57. The molecule has 10 heteroatoms. The number of carbonyl (C=O) groups excluding carboxylic acids is 2. The molecule has 1 aliphatic rings. The number of aliphatic hydroxyl groups excluding tert-OH is 1. The van der Waals surface area contributed by atoms with Crippen LogP contribution in [0.25, 0.3) is 16.0 Å². The first kappa shape index (κ1) is 25.1. The van der Waals surface area contributed by atoms with Gasteiger partial charge in [0.2, 0.25) is 0 Å². The average Bonchev–Trinajstić information content (AvgIpc) is 3.44. The number of aromatic nitrogens is 1. The maximum atomic E-state index is 13.4. The molecule has 1 unspecified atom stereocenters. The van der Waals surface area contributed by atoms with Gasteiger partial charge in [-0.15, -0.1) is 0 Å². The van der Waals surface area contributed by atoms with Crippen LogP contribution >= 0.6 is 11.3 Å². The number of aliphatic hydroxyl groups is 1. The van der Waals surface area contributed by atoms with Gasteiger partial charge < -0.3 is 9.84 Å². The molecule has 4 aromatic rings. The SMILES string of the molecule is CCCOc1ccc(/C(O)=C2\C(=O)C(=O)N(c3nc4ccc(C)cc4s3)C2c2ccc([N+](=O)[O-])cc2)cc1. The Balaban J connectivity index is 1.65. The molecule has 3 aromatic carbocycles. The number of nitrogens with zero attached hydrogens (tertiary/aromatic N) is 3. The van der Waals surface area contributed by atoms with Gasteiger partial charge in [-0.05, 0) is 73.0 Å². The number of amides is 1. The molecule has 0 spiro atoms. The van der Waals surface area contributed by atoms with Crippen molar-refractivity contribution in [3.8, 4) is 5.75 Å². The number of hydrogen-bond acceptors (Lipinski definition) is 8. The van der Waals surface area contributed by atoms with E-state index in [1.165, 1.54) is 40.5 Å². The molecular weight excluding hydrogens is 506 g/mol. The van der Waals surface area contributed by atoms with Crippen LogP contribution < -0.4 is 9.64 Å². The number of rotatable bonds is 7. The summed E-state index contributed by atoms with van der Waals surface area (Å²) < 4.78 is 6.44. The van der Waals surface area contributed by atoms with Gasteiger partial charge in [-0.1, -0.05) is 24.3 Å². The number of hydrogen-bond donors (Lipinski definition) is 1. The summed E-state index contributed by atoms with van der Waals surface area (Å²) in [5.74, 6) is -1.45. The molecule has 9 nitrogen and oxygen atoms in total. The quantitative estimate of drug-likeness (QED) is 0.103. The number of benzene rings is 3. The molecule has 1 aromatic heterocycles. The van der Waals surface area contributed by atoms with Gasteiger partial charge >= 0.3 is 5.91 Å². The highest BCUT2D eigenvalue weighted by Gasteiger charge is 2.48. The van der Waals surface area contributed by atoms with E-state index in [4.69, 9.17) is 4.74 Å². The van der Waals surface area contributed by atoms with Gasteiger partial charge in [0.15, 0.2) is 5.13 Å². The van der Waals surface area contributed by atoms with E-state index in [-0.39, 0.29) is 17.0 Å². The molecule has 1 amide bonds. The van der Waals surface area contributed by atoms with E-state index < -0.39 is 22.7 Å². The van der Waals surface area contributed by atoms with Gasteiger partial charge in [0.05, 0.1) is 33.4 Å². The van der Waals surface area contributed by atoms with Crippen LogP contribution in [0.4, 0.5) is 10.8 Å². The van der Waals surface area contributed by atoms with Crippen LogP contribution in [-0.4, -0.2) is 33.3 Å². The van der Waals surface area contributed by atoms with Crippen molar-refractivity contribution in [3.63, 3.8) is 0 Å². The van der Waals surface area contributed by atoms with Gasteiger partial charge in [0, 0.05) is 17.7 Å². The molecule has 0 bridgehead atoms. The van der Waals surface area contributed by atoms with Gasteiger partial charge in [-0.3, -0.25) is 24.6 Å². The number of ketones is 1. The van der Waals surface area contributed by atoms with Crippen molar-refractivity contribution < 1.29 is 24.4 Å². The summed E-state index contributed by atoms with van der Waals surface area (Å²) in [7, 11) is 0. The summed E-state index contributed by atoms with van der Waals surface area (Å²) in [6.07, 6.45) is 0.839. The molecule has 5 rings (SSSR count). The number of carbonyl (C=O) groups is 2. The molecule has 1 atom stereocenters. The normalized spacial score (nSPS) is 16.8. The third-order valence-electron chi connectivity index (χ3n) is 6.20. The summed E-state index contributed by atoms with van der Waals surface area (Å²) in [5, 5.41) is 22.8. The largest absolute Gasteiger partial charge is 0.507 e. The Morgan fingerprint density at radius 1 is 1.11 bits per heavy atom. The first-order valence-electron chi connectivity index (χ1n) is 11.9. The second-order valence-electron chi connectivity index (χ2n) is 8.86. The van der Waals surface area contributed by atoms with Gasteiger partial charge in [0.1, 0.15) is 11.5 Å². The molecule has 1 saturated heterocycles. The second kappa shape index (κ2) is 10.1. The average molecular weight is 530 g/mol. The molecule has 0 saturated carbocycles. The van der Waals surface area contributed by atoms with Crippen molar-refractivity contribution in [2.75, 3.05) is 11.5 Å². The topological polar surface area (TPSA) is 123 Å². The summed E-state index contributed by atoms with van der Waals surface area (Å²) in [5.41, 5.74) is 2.19. The molecule has 0 radical (unpaired) electrons. The maximum absolute atomic E-state index is 13.4. The van der Waals surface area contributed by atoms with Crippen LogP contribution in [0.5, 0.6) is 5.75 Å². The lowest BCUT2D eigenvalue weighted by molar-refractivity contribution is -0.384. The van der Waals surface area contributed by atoms with Crippen LogP contribution in [-0.2, 0) is 9.59 Å². The smallest absolute Gasteiger partial charge is 0.301 e. The van der Waals surface area contributed by atoms with E-state index >= 15 is 0 Å². The molecule has 2 heterocycles. The van der Waals surface area contributed by atoms with Crippen LogP contribution in [0.15, 0.2) is 72.3 Å². The summed E-state index contributed by atoms with van der Waals surface area (Å²) >= 11 is 1.25. The predicted octanol–water partition coefficient (Wildman–Crippen LogP) is 5.93. The Morgan fingerprint density at radius 3 is 2.47 bits per heavy atom. The number of non-ortho nitro benzene ring substituents is 1. The minimum absolute atomic E-state index is 0.124. The van der Waals surface area contributed by atoms with Crippen molar-refractivity contribution in [3.05, 3.63) is 99.1 Å². The zero-order valence-electron chi connectivity index (χ0n) is 20.6. The number of thiazole rings is 1. The fourth-order valence-electron chi connectivity index (χ4n) is 4.33. The van der Waals surface area contributed by atoms with Gasteiger partial charge in [-0.2, -0.15) is 0 Å². The van der Waals surface area contributed by atoms with Crippen molar-refractivity contribution in [2.45, 2.75) is 26.3 Å². The summed E-state index contributed by atoms with van der Waals surface area (Å²) in [6, 6.07) is 16.8. The molecule has 0 aliphatic carbocycles. The molecule has 1 N–H and O–H groups in total. The van der Waals surface area contributed by atoms with E-state index in [0.717, 1.165) is 16.7 Å². The lowest BCUT2D eigenvalue weighted by Crippen LogP contribution is -2.29. The Labute approximate surface area is 221 Å². The van der Waals surface area contributed by atoms with Crippen molar-refractivity contribution in [2.24, 2.45) is 0 Å². The summed E-state index contributed by atoms with van der Waals surface area (Å²) in [6.45, 7) is 4.47. The van der Waals surface area contributed by atoms with E-state index in [1.54, 1.807) is 24.3 Å². The number of anilines is 1. The van der Waals surface area contributed by atoms with E-state index in [0.29, 0.717) is 34.1 Å². The minimum atomic E-state index is -1.03. The third kappa shape index (κ3) is 4.50. The van der Waals surface area contributed by atoms with E-state index in [2.05, 4.69) is 4.98 Å². The number of ether oxygens (including phenoxy) is 1. The fraction of sp³-hybridized carbons (Fsp3) is 0.179. The number of Topliss-reactive ketones (excluding diaryl/α,β-unsaturated/α-hetero) is 1. The Bertz CT molecular complexity index is 1590. The molecular formula is C28H23N3O6S. The highest BCUT2D eigenvalue weighted by atomic mass is 32.1. The minimum Gasteiger partial charge on any atom is -0.507 e. The lowest BCUT2D eigenvalue weighted by Gasteiger charge is -2.22. The fourth-order valence-corrected chi connectivity index (χ4v) is 5.42. The van der Waals surface area contributed by atoms with Crippen LogP contribution in [0.3, 0.4) is 0 Å². The molecule has 1 aliphatic heterocycles. The van der Waals surface area contributed by atoms with Crippen LogP contribution in [0.1, 0.15) is 36.1 Å². The Morgan fingerprint density at radius 2 is 1.82 bits per heavy atom. The number of aryl methyl sites for hydroxylation is 1. The molecule has 1 fully saturated rings. The summed E-state index contributed by atoms with van der Waals surface area (Å²) in [4.78, 5) is 43.3. The van der Waals surface area contributed by atoms with Crippen molar-refractivity contribution in [1.82, 2.24) is 4.98 Å². The molecule has 38 heavy (non-hydrogen) atoms. The molecule has 192 valence electrons. The van der Waals surface area contributed by atoms with E-state index in [9.17, 15) is 24.8 Å². The first-order valence-corrected chi connectivity index (χ1v) is 12.8. The predicted molar refractivity (Wildman–Crippen MR) is 144 cm³/mol. The highest BCUT2D eigenvalue weighted by Crippen LogP contribution is 2.44. The van der Waals surface area contributed by atoms with Crippen molar-refractivity contribution >= 4 is 49.8 Å². The zero-order valence-corrected chi connectivity index (χ0v) is 21.4. The van der Waals surface area contributed by atoms with Crippen LogP contribution in [0, 0.1) is 17.0 Å². The lowest BCUT2D eigenvalue weighted by atomic mass is 9.95. The van der Waals surface area contributed by atoms with Crippen molar-refractivity contribution in [1.29, 1.82) is 0 Å². The number of nitro benzene ring substituents is 1. The van der Waals surface area contributed by atoms with Gasteiger partial charge in [0.25, 0.3) is 11.5 Å². The highest BCUT2D eigenvalue weighted by molar-refractivity contribution is 7.22. The first-order chi connectivity index (χ1) is 18.3.